The van der Waals surface area contributed by atoms with Crippen molar-refractivity contribution >= 4 is 32.7 Å². The topological polar surface area (TPSA) is 49.8 Å². The van der Waals surface area contributed by atoms with Crippen molar-refractivity contribution in [3.05, 3.63) is 28.0 Å². The number of aromatic nitrogens is 1. The molecule has 0 aromatic carbocycles. The van der Waals surface area contributed by atoms with E-state index in [1.54, 1.807) is 0 Å². The number of nitrogens with zero attached hydrogens (tertiary/aromatic N) is 1. The van der Waals surface area contributed by atoms with Crippen molar-refractivity contribution < 1.29 is 18.1 Å². The second-order valence-corrected chi connectivity index (χ2v) is 9.47. The van der Waals surface area contributed by atoms with E-state index in [0.717, 1.165) is 22.2 Å². The van der Waals surface area contributed by atoms with Gasteiger partial charge in [0.15, 0.2) is 16.8 Å². The molecule has 0 spiro atoms. The molecule has 0 fully saturated rings. The lowest BCUT2D eigenvalue weighted by atomic mass is 10.2. The maximum absolute atomic E-state index is 5.92. The molecule has 0 aliphatic carbocycles. The molecule has 0 bridgehead atoms. The van der Waals surface area contributed by atoms with Gasteiger partial charge in [-0.2, -0.15) is 0 Å². The molecular formula is C16H28BrNO4P2. The monoisotopic (exact) mass is 439 g/mol. The molecule has 0 amide bonds. The largest absolute Gasteiger partial charge is 0.334 e. The minimum absolute atomic E-state index is 0.0368. The van der Waals surface area contributed by atoms with E-state index in [-0.39, 0.29) is 5.40 Å². The SMILES string of the molecule is CCOP(OCC)C(Cc1cc(C)cnc1Br)P(OCC)OCC. The van der Waals surface area contributed by atoms with Crippen molar-refractivity contribution in [3.63, 3.8) is 0 Å². The molecule has 138 valence electrons. The molecule has 0 radical (unpaired) electrons. The molecule has 5 nitrogen and oxygen atoms in total. The van der Waals surface area contributed by atoms with Crippen LogP contribution >= 0.6 is 32.7 Å². The molecule has 0 aliphatic heterocycles. The zero-order chi connectivity index (χ0) is 17.9. The molecule has 1 aromatic heterocycles. The van der Waals surface area contributed by atoms with Crippen molar-refractivity contribution in [1.82, 2.24) is 4.98 Å². The van der Waals surface area contributed by atoms with Crippen molar-refractivity contribution in [1.29, 1.82) is 0 Å². The summed E-state index contributed by atoms with van der Waals surface area (Å²) in [5.74, 6) is 0. The molecule has 0 unspecified atom stereocenters. The van der Waals surface area contributed by atoms with Gasteiger partial charge >= 0.3 is 0 Å². The summed E-state index contributed by atoms with van der Waals surface area (Å²) in [4.78, 5) is 4.40. The molecule has 0 saturated heterocycles. The third kappa shape index (κ3) is 7.29. The number of pyridine rings is 1. The van der Waals surface area contributed by atoms with Gasteiger partial charge in [-0.3, -0.25) is 0 Å². The number of rotatable bonds is 12. The van der Waals surface area contributed by atoms with Gasteiger partial charge in [0.1, 0.15) is 10.0 Å². The van der Waals surface area contributed by atoms with Crippen LogP contribution in [0.2, 0.25) is 0 Å². The first-order valence-corrected chi connectivity index (χ1v) is 11.6. The van der Waals surface area contributed by atoms with Crippen LogP contribution < -0.4 is 0 Å². The minimum Gasteiger partial charge on any atom is -0.334 e. The lowest BCUT2D eigenvalue weighted by Gasteiger charge is -2.31. The zero-order valence-corrected chi connectivity index (χ0v) is 18.5. The van der Waals surface area contributed by atoms with Crippen LogP contribution in [0.25, 0.3) is 0 Å². The Kier molecular flexibility index (Phi) is 11.8. The first-order valence-electron chi connectivity index (χ1n) is 8.28. The fourth-order valence-corrected chi connectivity index (χ4v) is 6.45. The van der Waals surface area contributed by atoms with Gasteiger partial charge in [0.25, 0.3) is 0 Å². The molecule has 0 atom stereocenters. The Bertz CT molecular complexity index is 453. The molecule has 1 aromatic rings. The highest BCUT2D eigenvalue weighted by Gasteiger charge is 2.35. The summed E-state index contributed by atoms with van der Waals surface area (Å²) in [6.07, 6.45) is 2.59. The first kappa shape index (κ1) is 22.4. The number of hydrogen-bond donors (Lipinski definition) is 0. The number of halogens is 1. The van der Waals surface area contributed by atoms with E-state index in [4.69, 9.17) is 18.1 Å². The van der Waals surface area contributed by atoms with Gasteiger partial charge in [0, 0.05) is 6.20 Å². The van der Waals surface area contributed by atoms with Gasteiger partial charge in [-0.15, -0.1) is 0 Å². The van der Waals surface area contributed by atoms with Crippen LogP contribution in [-0.2, 0) is 24.5 Å². The van der Waals surface area contributed by atoms with Crippen LogP contribution in [-0.4, -0.2) is 36.8 Å². The average molecular weight is 440 g/mol. The van der Waals surface area contributed by atoms with Crippen LogP contribution in [0.3, 0.4) is 0 Å². The van der Waals surface area contributed by atoms with Crippen LogP contribution in [0.1, 0.15) is 38.8 Å². The Morgan fingerprint density at radius 1 is 0.958 bits per heavy atom. The van der Waals surface area contributed by atoms with Crippen LogP contribution in [0, 0.1) is 6.92 Å². The molecule has 1 rings (SSSR count). The lowest BCUT2D eigenvalue weighted by molar-refractivity contribution is 0.248. The minimum atomic E-state index is -1.10. The number of hydrogen-bond acceptors (Lipinski definition) is 5. The molecular weight excluding hydrogens is 412 g/mol. The summed E-state index contributed by atoms with van der Waals surface area (Å²) < 4.78 is 24.5. The third-order valence-corrected chi connectivity index (χ3v) is 8.20. The quantitative estimate of drug-likeness (QED) is 0.304. The van der Waals surface area contributed by atoms with Gasteiger partial charge in [-0.1, -0.05) is 6.07 Å². The van der Waals surface area contributed by atoms with Gasteiger partial charge in [-0.25, -0.2) is 4.98 Å². The standard InChI is InChI=1S/C16H28BrNO4P2/c1-6-19-23(20-7-2)15(24(21-8-3)22-9-4)11-14-10-13(5)12-18-16(14)17/h10,12,15H,6-9,11H2,1-5H3. The van der Waals surface area contributed by atoms with Crippen molar-refractivity contribution in [3.8, 4) is 0 Å². The van der Waals surface area contributed by atoms with E-state index < -0.39 is 16.8 Å². The summed E-state index contributed by atoms with van der Waals surface area (Å²) in [7, 11) is -2.20. The Balaban J connectivity index is 3.11. The van der Waals surface area contributed by atoms with Crippen molar-refractivity contribution in [2.24, 2.45) is 0 Å². The Morgan fingerprint density at radius 3 is 1.83 bits per heavy atom. The smallest absolute Gasteiger partial charge is 0.183 e. The highest BCUT2D eigenvalue weighted by Crippen LogP contribution is 2.61. The van der Waals surface area contributed by atoms with E-state index in [9.17, 15) is 0 Å². The predicted molar refractivity (Wildman–Crippen MR) is 105 cm³/mol. The normalized spacial score (nSPS) is 11.9. The maximum atomic E-state index is 5.92. The molecule has 24 heavy (non-hydrogen) atoms. The van der Waals surface area contributed by atoms with E-state index >= 15 is 0 Å². The van der Waals surface area contributed by atoms with E-state index in [0.29, 0.717) is 26.4 Å². The fourth-order valence-electron chi connectivity index (χ4n) is 2.11. The Labute approximate surface area is 156 Å². The van der Waals surface area contributed by atoms with E-state index in [1.807, 2.05) is 40.8 Å². The molecule has 0 aliphatic rings. The second kappa shape index (κ2) is 12.6. The number of aryl methyl sites for hydroxylation is 1. The van der Waals surface area contributed by atoms with Gasteiger partial charge in [0.05, 0.1) is 26.4 Å². The van der Waals surface area contributed by atoms with Crippen LogP contribution in [0.5, 0.6) is 0 Å². The van der Waals surface area contributed by atoms with Gasteiger partial charge in [-0.05, 0) is 68.1 Å². The summed E-state index contributed by atoms with van der Waals surface area (Å²) in [5, 5.41) is 0.0368. The van der Waals surface area contributed by atoms with E-state index in [2.05, 4.69) is 27.0 Å². The Morgan fingerprint density at radius 2 is 1.42 bits per heavy atom. The van der Waals surface area contributed by atoms with Crippen LogP contribution in [0.4, 0.5) is 0 Å². The summed E-state index contributed by atoms with van der Waals surface area (Å²) in [5.41, 5.74) is 2.25. The summed E-state index contributed by atoms with van der Waals surface area (Å²) in [6.45, 7) is 12.4. The fraction of sp³-hybridized carbons (Fsp3) is 0.688. The molecule has 0 N–H and O–H groups in total. The molecule has 0 saturated carbocycles. The highest BCUT2D eigenvalue weighted by atomic mass is 79.9. The van der Waals surface area contributed by atoms with E-state index in [1.165, 1.54) is 0 Å². The lowest BCUT2D eigenvalue weighted by Crippen LogP contribution is -2.15. The average Bonchev–Trinajstić information content (AvgIpc) is 2.55. The van der Waals surface area contributed by atoms with Crippen molar-refractivity contribution in [2.75, 3.05) is 26.4 Å². The van der Waals surface area contributed by atoms with Gasteiger partial charge in [0.2, 0.25) is 0 Å². The van der Waals surface area contributed by atoms with Gasteiger partial charge < -0.3 is 18.1 Å². The Hall–Kier alpha value is 0.330. The summed E-state index contributed by atoms with van der Waals surface area (Å²) >= 11 is 3.55. The second-order valence-electron chi connectivity index (χ2n) is 4.89. The first-order chi connectivity index (χ1) is 11.6. The predicted octanol–water partition coefficient (Wildman–Crippen LogP) is 5.79. The van der Waals surface area contributed by atoms with Crippen molar-refractivity contribution in [2.45, 2.75) is 46.4 Å². The van der Waals surface area contributed by atoms with Crippen LogP contribution in [0.15, 0.2) is 16.9 Å². The zero-order valence-electron chi connectivity index (χ0n) is 15.1. The molecule has 1 heterocycles. The highest BCUT2D eigenvalue weighted by molar-refractivity contribution is 9.10. The molecule has 8 heteroatoms. The summed E-state index contributed by atoms with van der Waals surface area (Å²) in [6, 6.07) is 2.14. The third-order valence-electron chi connectivity index (χ3n) is 2.96. The maximum Gasteiger partial charge on any atom is 0.183 e.